The van der Waals surface area contributed by atoms with Gasteiger partial charge in [0.25, 0.3) is 0 Å². The molecule has 0 saturated carbocycles. The van der Waals surface area contributed by atoms with Crippen molar-refractivity contribution in [2.45, 2.75) is 18.4 Å². The third-order valence-electron chi connectivity index (χ3n) is 2.61. The summed E-state index contributed by atoms with van der Waals surface area (Å²) in [6, 6.07) is 13.6. The van der Waals surface area contributed by atoms with Crippen molar-refractivity contribution in [3.63, 3.8) is 0 Å². The predicted molar refractivity (Wildman–Crippen MR) is 79.4 cm³/mol. The van der Waals surface area contributed by atoms with E-state index in [4.69, 9.17) is 0 Å². The lowest BCUT2D eigenvalue weighted by Crippen LogP contribution is -2.14. The largest absolute Gasteiger partial charge is 0.325 e. The molecule has 3 nitrogen and oxygen atoms in total. The third kappa shape index (κ3) is 4.41. The first-order chi connectivity index (χ1) is 9.28. The van der Waals surface area contributed by atoms with Crippen LogP contribution in [0.25, 0.3) is 0 Å². The van der Waals surface area contributed by atoms with Crippen LogP contribution >= 0.6 is 11.8 Å². The van der Waals surface area contributed by atoms with Crippen LogP contribution in [0.4, 0.5) is 5.69 Å². The molecule has 0 unspecified atom stereocenters. The molecular weight excluding hydrogens is 256 g/mol. The van der Waals surface area contributed by atoms with Gasteiger partial charge in [-0.15, -0.1) is 0 Å². The lowest BCUT2D eigenvalue weighted by atomic mass is 10.1. The van der Waals surface area contributed by atoms with Crippen LogP contribution in [-0.4, -0.2) is 16.6 Å². The molecule has 0 aliphatic rings. The first-order valence-corrected chi connectivity index (χ1v) is 7.19. The maximum Gasteiger partial charge on any atom is 0.234 e. The van der Waals surface area contributed by atoms with Crippen LogP contribution < -0.4 is 5.32 Å². The number of carbonyl (C=O) groups excluding carboxylic acids is 1. The number of nitrogens with one attached hydrogen (secondary N) is 1. The lowest BCUT2D eigenvalue weighted by molar-refractivity contribution is -0.113. The Hall–Kier alpha value is -1.81. The number of amides is 1. The van der Waals surface area contributed by atoms with Crippen LogP contribution in [0, 0.1) is 0 Å². The smallest absolute Gasteiger partial charge is 0.234 e. The average Bonchev–Trinajstić information content (AvgIpc) is 2.46. The van der Waals surface area contributed by atoms with E-state index in [0.717, 1.165) is 17.1 Å². The summed E-state index contributed by atoms with van der Waals surface area (Å²) in [5.74, 6) is 0.358. The van der Waals surface area contributed by atoms with E-state index in [9.17, 15) is 4.79 Å². The molecule has 0 radical (unpaired) electrons. The third-order valence-corrected chi connectivity index (χ3v) is 3.55. The number of nitrogens with zero attached hydrogens (tertiary/aromatic N) is 1. The van der Waals surface area contributed by atoms with E-state index < -0.39 is 0 Å². The molecule has 19 heavy (non-hydrogen) atoms. The normalized spacial score (nSPS) is 10.2. The van der Waals surface area contributed by atoms with Gasteiger partial charge in [0, 0.05) is 11.9 Å². The number of aromatic nitrogens is 1. The number of thioether (sulfide) groups is 1. The zero-order chi connectivity index (χ0) is 13.5. The fraction of sp³-hybridized carbons (Fsp3) is 0.200. The molecule has 2 aromatic rings. The van der Waals surface area contributed by atoms with Gasteiger partial charge in [-0.3, -0.25) is 4.79 Å². The molecule has 0 saturated heterocycles. The van der Waals surface area contributed by atoms with Crippen LogP contribution in [0.15, 0.2) is 53.7 Å². The minimum Gasteiger partial charge on any atom is -0.325 e. The van der Waals surface area contributed by atoms with Gasteiger partial charge in [-0.05, 0) is 36.2 Å². The number of rotatable bonds is 5. The second-order valence-corrected chi connectivity index (χ2v) is 5.05. The highest BCUT2D eigenvalue weighted by atomic mass is 32.2. The summed E-state index contributed by atoms with van der Waals surface area (Å²) in [6.45, 7) is 2.10. The Balaban J connectivity index is 1.87. The topological polar surface area (TPSA) is 42.0 Å². The minimum absolute atomic E-state index is 0.0103. The van der Waals surface area contributed by atoms with Crippen LogP contribution in [-0.2, 0) is 11.2 Å². The van der Waals surface area contributed by atoms with Gasteiger partial charge in [-0.2, -0.15) is 0 Å². The van der Waals surface area contributed by atoms with Gasteiger partial charge in [0.1, 0.15) is 0 Å². The van der Waals surface area contributed by atoms with E-state index in [0.29, 0.717) is 5.75 Å². The Kier molecular flexibility index (Phi) is 4.98. The van der Waals surface area contributed by atoms with Crippen molar-refractivity contribution in [1.82, 2.24) is 4.98 Å². The predicted octanol–water partition coefficient (Wildman–Crippen LogP) is 3.37. The summed E-state index contributed by atoms with van der Waals surface area (Å²) in [5, 5.41) is 3.76. The van der Waals surface area contributed by atoms with E-state index >= 15 is 0 Å². The van der Waals surface area contributed by atoms with Crippen molar-refractivity contribution in [3.05, 3.63) is 54.2 Å². The quantitative estimate of drug-likeness (QED) is 0.848. The van der Waals surface area contributed by atoms with Crippen molar-refractivity contribution in [2.24, 2.45) is 0 Å². The molecule has 1 N–H and O–H groups in total. The number of aryl methyl sites for hydroxylation is 1. The first-order valence-electron chi connectivity index (χ1n) is 6.20. The number of hydrogen-bond acceptors (Lipinski definition) is 3. The summed E-state index contributed by atoms with van der Waals surface area (Å²) in [6.07, 6.45) is 2.69. The highest BCUT2D eigenvalue weighted by Crippen LogP contribution is 2.15. The van der Waals surface area contributed by atoms with Crippen LogP contribution in [0.2, 0.25) is 0 Å². The maximum atomic E-state index is 11.8. The summed E-state index contributed by atoms with van der Waals surface area (Å²) in [5.41, 5.74) is 2.07. The Labute approximate surface area is 117 Å². The zero-order valence-electron chi connectivity index (χ0n) is 10.8. The molecule has 0 atom stereocenters. The molecule has 4 heteroatoms. The summed E-state index contributed by atoms with van der Waals surface area (Å²) in [7, 11) is 0. The molecule has 2 rings (SSSR count). The van der Waals surface area contributed by atoms with Crippen LogP contribution in [0.1, 0.15) is 12.5 Å². The molecule has 98 valence electrons. The molecule has 0 aliphatic heterocycles. The van der Waals surface area contributed by atoms with Crippen molar-refractivity contribution in [1.29, 1.82) is 0 Å². The van der Waals surface area contributed by atoms with E-state index in [1.165, 1.54) is 17.3 Å². The van der Waals surface area contributed by atoms with Crippen molar-refractivity contribution in [2.75, 3.05) is 11.1 Å². The Morgan fingerprint density at radius 1 is 1.26 bits per heavy atom. The molecular formula is C15H16N2OS. The second-order valence-electron chi connectivity index (χ2n) is 4.06. The number of benzene rings is 1. The minimum atomic E-state index is -0.0103. The molecule has 1 amide bonds. The SMILES string of the molecule is CCc1cccc(NC(=O)CSc2ccccn2)c1. The Morgan fingerprint density at radius 3 is 2.89 bits per heavy atom. The van der Waals surface area contributed by atoms with Gasteiger partial charge in [-0.1, -0.05) is 36.9 Å². The number of anilines is 1. The molecule has 0 aliphatic carbocycles. The fourth-order valence-corrected chi connectivity index (χ4v) is 2.30. The molecule has 0 spiro atoms. The fourth-order valence-electron chi connectivity index (χ4n) is 1.64. The molecule has 0 bridgehead atoms. The van der Waals surface area contributed by atoms with Gasteiger partial charge >= 0.3 is 0 Å². The zero-order valence-corrected chi connectivity index (χ0v) is 11.6. The Bertz CT molecular complexity index is 543. The van der Waals surface area contributed by atoms with Crippen molar-refractivity contribution in [3.8, 4) is 0 Å². The highest BCUT2D eigenvalue weighted by Gasteiger charge is 2.04. The Morgan fingerprint density at radius 2 is 2.16 bits per heavy atom. The molecule has 0 fully saturated rings. The molecule has 1 aromatic carbocycles. The monoisotopic (exact) mass is 272 g/mol. The number of hydrogen-bond donors (Lipinski definition) is 1. The van der Waals surface area contributed by atoms with Gasteiger partial charge in [0.2, 0.25) is 5.91 Å². The second kappa shape index (κ2) is 6.95. The van der Waals surface area contributed by atoms with E-state index in [1.807, 2.05) is 36.4 Å². The van der Waals surface area contributed by atoms with Gasteiger partial charge in [0.15, 0.2) is 0 Å². The maximum absolute atomic E-state index is 11.8. The van der Waals surface area contributed by atoms with Crippen molar-refractivity contribution >= 4 is 23.4 Å². The number of pyridine rings is 1. The lowest BCUT2D eigenvalue weighted by Gasteiger charge is -2.06. The van der Waals surface area contributed by atoms with Crippen LogP contribution in [0.5, 0.6) is 0 Å². The molecule has 1 aromatic heterocycles. The van der Waals surface area contributed by atoms with E-state index in [1.54, 1.807) is 6.20 Å². The van der Waals surface area contributed by atoms with Crippen molar-refractivity contribution < 1.29 is 4.79 Å². The van der Waals surface area contributed by atoms with Crippen LogP contribution in [0.3, 0.4) is 0 Å². The summed E-state index contributed by atoms with van der Waals surface area (Å²) < 4.78 is 0. The van der Waals surface area contributed by atoms with Gasteiger partial charge in [-0.25, -0.2) is 4.98 Å². The van der Waals surface area contributed by atoms with Gasteiger partial charge < -0.3 is 5.32 Å². The average molecular weight is 272 g/mol. The van der Waals surface area contributed by atoms with E-state index in [-0.39, 0.29) is 5.91 Å². The summed E-state index contributed by atoms with van der Waals surface area (Å²) in [4.78, 5) is 16.0. The van der Waals surface area contributed by atoms with Gasteiger partial charge in [0.05, 0.1) is 10.8 Å². The number of carbonyl (C=O) groups is 1. The highest BCUT2D eigenvalue weighted by molar-refractivity contribution is 7.99. The summed E-state index contributed by atoms with van der Waals surface area (Å²) >= 11 is 1.43. The first kappa shape index (κ1) is 13.6. The molecule has 1 heterocycles. The standard InChI is InChI=1S/C15H16N2OS/c1-2-12-6-5-7-13(10-12)17-14(18)11-19-15-8-3-4-9-16-15/h3-10H,2,11H2,1H3,(H,17,18). The van der Waals surface area contributed by atoms with E-state index in [2.05, 4.69) is 23.3 Å².